The molecule has 0 saturated heterocycles. The first kappa shape index (κ1) is 19.5. The predicted octanol–water partition coefficient (Wildman–Crippen LogP) is 2.49. The molecule has 26 heavy (non-hydrogen) atoms. The molecule has 1 atom stereocenters. The van der Waals surface area contributed by atoms with Gasteiger partial charge in [-0.3, -0.25) is 14.4 Å². The lowest BCUT2D eigenvalue weighted by molar-refractivity contribution is -0.147. The van der Waals surface area contributed by atoms with Crippen molar-refractivity contribution in [3.8, 4) is 0 Å². The van der Waals surface area contributed by atoms with E-state index in [-0.39, 0.29) is 12.6 Å². The van der Waals surface area contributed by atoms with Gasteiger partial charge in [-0.25, -0.2) is 0 Å². The quantitative estimate of drug-likeness (QED) is 0.729. The summed E-state index contributed by atoms with van der Waals surface area (Å²) < 4.78 is 4.86. The van der Waals surface area contributed by atoms with E-state index in [9.17, 15) is 14.4 Å². The van der Waals surface area contributed by atoms with E-state index in [0.717, 1.165) is 5.56 Å². The molecule has 0 aliphatic carbocycles. The fourth-order valence-electron chi connectivity index (χ4n) is 2.16. The van der Waals surface area contributed by atoms with Gasteiger partial charge in [0.2, 0.25) is 0 Å². The Morgan fingerprint density at radius 1 is 1.04 bits per heavy atom. The molecule has 0 aliphatic heterocycles. The van der Waals surface area contributed by atoms with E-state index < -0.39 is 24.4 Å². The molecule has 6 nitrogen and oxygen atoms in total. The van der Waals surface area contributed by atoms with Crippen LogP contribution in [0.3, 0.4) is 0 Å². The monoisotopic (exact) mass is 374 g/mol. The van der Waals surface area contributed by atoms with Crippen molar-refractivity contribution in [2.75, 3.05) is 13.2 Å². The van der Waals surface area contributed by atoms with E-state index in [0.29, 0.717) is 10.6 Å². The molecule has 0 spiro atoms. The van der Waals surface area contributed by atoms with Gasteiger partial charge in [-0.2, -0.15) is 0 Å². The second kappa shape index (κ2) is 9.58. The Hall–Kier alpha value is -2.86. The fraction of sp³-hybridized carbons (Fsp3) is 0.211. The van der Waals surface area contributed by atoms with Gasteiger partial charge in [0, 0.05) is 10.6 Å². The van der Waals surface area contributed by atoms with E-state index in [1.807, 2.05) is 37.3 Å². The molecule has 0 aliphatic rings. The van der Waals surface area contributed by atoms with E-state index >= 15 is 0 Å². The van der Waals surface area contributed by atoms with Crippen molar-refractivity contribution in [2.24, 2.45) is 0 Å². The zero-order valence-electron chi connectivity index (χ0n) is 14.2. The Morgan fingerprint density at radius 2 is 1.69 bits per heavy atom. The van der Waals surface area contributed by atoms with Crippen LogP contribution in [0, 0.1) is 0 Å². The van der Waals surface area contributed by atoms with Gasteiger partial charge in [0.25, 0.3) is 11.8 Å². The number of hydrogen-bond donors (Lipinski definition) is 2. The summed E-state index contributed by atoms with van der Waals surface area (Å²) in [5.41, 5.74) is 1.32. The van der Waals surface area contributed by atoms with Crippen LogP contribution >= 0.6 is 11.6 Å². The molecule has 2 aromatic rings. The SMILES string of the molecule is C[C@@H](NC(=O)COC(=O)CNC(=O)c1ccc(Cl)cc1)c1ccccc1. The third-order valence-electron chi connectivity index (χ3n) is 3.54. The summed E-state index contributed by atoms with van der Waals surface area (Å²) in [6, 6.07) is 15.5. The molecule has 0 heterocycles. The zero-order valence-corrected chi connectivity index (χ0v) is 15.0. The lowest BCUT2D eigenvalue weighted by atomic mass is 10.1. The number of rotatable bonds is 7. The Balaban J connectivity index is 1.70. The van der Waals surface area contributed by atoms with Gasteiger partial charge in [0.05, 0.1) is 6.04 Å². The molecule has 7 heteroatoms. The third kappa shape index (κ3) is 6.22. The number of benzene rings is 2. The standard InChI is InChI=1S/C19H19ClN2O4/c1-13(14-5-3-2-4-6-14)22-17(23)12-26-18(24)11-21-19(25)15-7-9-16(20)10-8-15/h2-10,13H,11-12H2,1H3,(H,21,25)(H,22,23)/t13-/m1/s1. The van der Waals surface area contributed by atoms with Crippen LogP contribution in [0.2, 0.25) is 5.02 Å². The van der Waals surface area contributed by atoms with Gasteiger partial charge in [-0.05, 0) is 36.8 Å². The Labute approximate surface area is 156 Å². The number of carbonyl (C=O) groups is 3. The molecule has 2 N–H and O–H groups in total. The molecule has 0 radical (unpaired) electrons. The summed E-state index contributed by atoms with van der Waals surface area (Å²) in [7, 11) is 0. The molecule has 0 bridgehead atoms. The molecule has 0 aromatic heterocycles. The number of hydrogen-bond acceptors (Lipinski definition) is 4. The highest BCUT2D eigenvalue weighted by molar-refractivity contribution is 6.30. The second-order valence-electron chi connectivity index (χ2n) is 5.55. The highest BCUT2D eigenvalue weighted by atomic mass is 35.5. The lowest BCUT2D eigenvalue weighted by Crippen LogP contribution is -2.34. The average Bonchev–Trinajstić information content (AvgIpc) is 2.65. The second-order valence-corrected chi connectivity index (χ2v) is 5.99. The lowest BCUT2D eigenvalue weighted by Gasteiger charge is -2.14. The van der Waals surface area contributed by atoms with Gasteiger partial charge in [0.1, 0.15) is 6.54 Å². The van der Waals surface area contributed by atoms with Crippen molar-refractivity contribution >= 4 is 29.4 Å². The summed E-state index contributed by atoms with van der Waals surface area (Å²) in [5.74, 6) is -1.55. The maximum atomic E-state index is 11.9. The first-order valence-electron chi connectivity index (χ1n) is 7.99. The third-order valence-corrected chi connectivity index (χ3v) is 3.79. The molecule has 0 unspecified atom stereocenters. The van der Waals surface area contributed by atoms with Gasteiger partial charge < -0.3 is 15.4 Å². The van der Waals surface area contributed by atoms with Crippen molar-refractivity contribution in [3.05, 3.63) is 70.7 Å². The van der Waals surface area contributed by atoms with Crippen LogP contribution in [-0.4, -0.2) is 30.9 Å². The average molecular weight is 375 g/mol. The molecular formula is C19H19ClN2O4. The normalized spacial score (nSPS) is 11.3. The minimum absolute atomic E-state index is 0.202. The smallest absolute Gasteiger partial charge is 0.325 e. The van der Waals surface area contributed by atoms with Crippen molar-refractivity contribution in [2.45, 2.75) is 13.0 Å². The topological polar surface area (TPSA) is 84.5 Å². The van der Waals surface area contributed by atoms with Crippen LogP contribution in [-0.2, 0) is 14.3 Å². The molecule has 0 fully saturated rings. The minimum atomic E-state index is -0.699. The maximum absolute atomic E-state index is 11.9. The summed E-state index contributed by atoms with van der Waals surface area (Å²) in [4.78, 5) is 35.3. The molecule has 0 saturated carbocycles. The van der Waals surface area contributed by atoms with Gasteiger partial charge in [0.15, 0.2) is 6.61 Å². The van der Waals surface area contributed by atoms with Crippen LogP contribution in [0.15, 0.2) is 54.6 Å². The maximum Gasteiger partial charge on any atom is 0.325 e. The zero-order chi connectivity index (χ0) is 18.9. The number of amides is 2. The Bertz CT molecular complexity index is 763. The van der Waals surface area contributed by atoms with Crippen LogP contribution < -0.4 is 10.6 Å². The van der Waals surface area contributed by atoms with E-state index in [1.165, 1.54) is 0 Å². The number of halogens is 1. The van der Waals surface area contributed by atoms with Gasteiger partial charge in [-0.15, -0.1) is 0 Å². The van der Waals surface area contributed by atoms with Gasteiger partial charge in [-0.1, -0.05) is 41.9 Å². The van der Waals surface area contributed by atoms with E-state index in [2.05, 4.69) is 10.6 Å². The summed E-state index contributed by atoms with van der Waals surface area (Å²) in [5, 5.41) is 5.66. The molecule has 136 valence electrons. The Morgan fingerprint density at radius 3 is 2.35 bits per heavy atom. The number of esters is 1. The van der Waals surface area contributed by atoms with Crippen molar-refractivity contribution < 1.29 is 19.1 Å². The largest absolute Gasteiger partial charge is 0.454 e. The predicted molar refractivity (Wildman–Crippen MR) is 97.7 cm³/mol. The molecule has 2 aromatic carbocycles. The van der Waals surface area contributed by atoms with Crippen LogP contribution in [0.25, 0.3) is 0 Å². The van der Waals surface area contributed by atoms with E-state index in [1.54, 1.807) is 24.3 Å². The van der Waals surface area contributed by atoms with Crippen LogP contribution in [0.1, 0.15) is 28.9 Å². The first-order valence-corrected chi connectivity index (χ1v) is 8.37. The van der Waals surface area contributed by atoms with Crippen molar-refractivity contribution in [1.29, 1.82) is 0 Å². The first-order chi connectivity index (χ1) is 12.5. The fourth-order valence-corrected chi connectivity index (χ4v) is 2.29. The highest BCUT2D eigenvalue weighted by Gasteiger charge is 2.13. The number of carbonyl (C=O) groups excluding carboxylic acids is 3. The molecule has 2 rings (SSSR count). The van der Waals surface area contributed by atoms with Crippen LogP contribution in [0.4, 0.5) is 0 Å². The number of nitrogens with one attached hydrogen (secondary N) is 2. The molecule has 2 amide bonds. The number of ether oxygens (including phenoxy) is 1. The molecular weight excluding hydrogens is 356 g/mol. The van der Waals surface area contributed by atoms with Crippen molar-refractivity contribution in [3.63, 3.8) is 0 Å². The summed E-state index contributed by atoms with van der Waals surface area (Å²) in [6.45, 7) is 1.09. The van der Waals surface area contributed by atoms with E-state index in [4.69, 9.17) is 16.3 Å². The van der Waals surface area contributed by atoms with Gasteiger partial charge >= 0.3 is 5.97 Å². The van der Waals surface area contributed by atoms with Crippen molar-refractivity contribution in [1.82, 2.24) is 10.6 Å². The minimum Gasteiger partial charge on any atom is -0.454 e. The Kier molecular flexibility index (Phi) is 7.17. The van der Waals surface area contributed by atoms with Crippen LogP contribution in [0.5, 0.6) is 0 Å². The summed E-state index contributed by atoms with van der Waals surface area (Å²) >= 11 is 5.75. The summed E-state index contributed by atoms with van der Waals surface area (Å²) in [6.07, 6.45) is 0. The highest BCUT2D eigenvalue weighted by Crippen LogP contribution is 2.11.